The second-order valence-electron chi connectivity index (χ2n) is 7.03. The zero-order valence-corrected chi connectivity index (χ0v) is 15.7. The van der Waals surface area contributed by atoms with E-state index in [9.17, 15) is 22.8 Å². The van der Waals surface area contributed by atoms with E-state index < -0.39 is 17.6 Å². The van der Waals surface area contributed by atoms with Gasteiger partial charge >= 0.3 is 6.18 Å². The molecule has 1 atom stereocenters. The van der Waals surface area contributed by atoms with Gasteiger partial charge in [-0.2, -0.15) is 13.2 Å². The SMILES string of the molecule is COCCN1CCC(N2CCN(C(=O)c3cccc(C(F)(F)F)c3)CC2)C1=O. The second kappa shape index (κ2) is 8.48. The van der Waals surface area contributed by atoms with Crippen molar-refractivity contribution in [1.29, 1.82) is 0 Å². The lowest BCUT2D eigenvalue weighted by molar-refractivity contribution is -0.137. The fraction of sp³-hybridized carbons (Fsp3) is 0.579. The van der Waals surface area contributed by atoms with E-state index in [1.54, 1.807) is 16.9 Å². The minimum absolute atomic E-state index is 0.0333. The fourth-order valence-corrected chi connectivity index (χ4v) is 3.73. The summed E-state index contributed by atoms with van der Waals surface area (Å²) < 4.78 is 43.6. The van der Waals surface area contributed by atoms with Crippen molar-refractivity contribution in [2.24, 2.45) is 0 Å². The van der Waals surface area contributed by atoms with Gasteiger partial charge in [0.15, 0.2) is 0 Å². The molecule has 0 aliphatic carbocycles. The van der Waals surface area contributed by atoms with Gasteiger partial charge in [0.2, 0.25) is 5.91 Å². The lowest BCUT2D eigenvalue weighted by Crippen LogP contribution is -2.53. The molecule has 0 saturated carbocycles. The Morgan fingerprint density at radius 1 is 1.18 bits per heavy atom. The van der Waals surface area contributed by atoms with Crippen molar-refractivity contribution in [3.63, 3.8) is 0 Å². The lowest BCUT2D eigenvalue weighted by atomic mass is 10.1. The van der Waals surface area contributed by atoms with Crippen LogP contribution in [0.4, 0.5) is 13.2 Å². The molecule has 3 rings (SSSR count). The van der Waals surface area contributed by atoms with Crippen LogP contribution >= 0.6 is 0 Å². The number of alkyl halides is 3. The van der Waals surface area contributed by atoms with Crippen LogP contribution in [0.3, 0.4) is 0 Å². The Kier molecular flexibility index (Phi) is 6.24. The van der Waals surface area contributed by atoms with Crippen molar-refractivity contribution < 1.29 is 27.5 Å². The third kappa shape index (κ3) is 4.47. The van der Waals surface area contributed by atoms with Crippen LogP contribution in [0.15, 0.2) is 24.3 Å². The summed E-state index contributed by atoms with van der Waals surface area (Å²) in [6.07, 6.45) is -3.74. The van der Waals surface area contributed by atoms with Gasteiger partial charge in [-0.1, -0.05) is 6.07 Å². The van der Waals surface area contributed by atoms with Crippen molar-refractivity contribution in [1.82, 2.24) is 14.7 Å². The first-order valence-corrected chi connectivity index (χ1v) is 9.29. The van der Waals surface area contributed by atoms with Crippen LogP contribution in [0.1, 0.15) is 22.3 Å². The molecule has 6 nitrogen and oxygen atoms in total. The van der Waals surface area contributed by atoms with Crippen molar-refractivity contribution in [3.05, 3.63) is 35.4 Å². The maximum absolute atomic E-state index is 12.9. The summed E-state index contributed by atoms with van der Waals surface area (Å²) in [5.74, 6) is -0.333. The number of ether oxygens (including phenoxy) is 1. The van der Waals surface area contributed by atoms with E-state index in [1.165, 1.54) is 12.1 Å². The lowest BCUT2D eigenvalue weighted by Gasteiger charge is -2.37. The molecule has 2 aliphatic heterocycles. The first kappa shape index (κ1) is 20.6. The summed E-state index contributed by atoms with van der Waals surface area (Å²) in [7, 11) is 1.60. The monoisotopic (exact) mass is 399 g/mol. The highest BCUT2D eigenvalue weighted by Crippen LogP contribution is 2.30. The minimum atomic E-state index is -4.48. The fourth-order valence-electron chi connectivity index (χ4n) is 3.73. The molecule has 0 bridgehead atoms. The maximum Gasteiger partial charge on any atom is 0.416 e. The van der Waals surface area contributed by atoms with Gasteiger partial charge < -0.3 is 14.5 Å². The molecule has 1 aromatic carbocycles. The summed E-state index contributed by atoms with van der Waals surface area (Å²) in [6, 6.07) is 4.30. The average molecular weight is 399 g/mol. The van der Waals surface area contributed by atoms with E-state index in [-0.39, 0.29) is 17.5 Å². The van der Waals surface area contributed by atoms with E-state index in [0.717, 1.165) is 18.6 Å². The number of piperazine rings is 1. The van der Waals surface area contributed by atoms with Crippen LogP contribution in [0.5, 0.6) is 0 Å². The Bertz CT molecular complexity index is 718. The molecule has 2 saturated heterocycles. The first-order valence-electron chi connectivity index (χ1n) is 9.29. The van der Waals surface area contributed by atoms with Gasteiger partial charge in [0.1, 0.15) is 0 Å². The molecule has 0 radical (unpaired) electrons. The molecule has 154 valence electrons. The number of carbonyl (C=O) groups excluding carboxylic acids is 2. The molecule has 2 amide bonds. The largest absolute Gasteiger partial charge is 0.416 e. The number of halogens is 3. The number of hydrogen-bond donors (Lipinski definition) is 0. The molecule has 0 N–H and O–H groups in total. The highest BCUT2D eigenvalue weighted by molar-refractivity contribution is 5.94. The minimum Gasteiger partial charge on any atom is -0.383 e. The predicted octanol–water partition coefficient (Wildman–Crippen LogP) is 1.71. The molecule has 0 spiro atoms. The Morgan fingerprint density at radius 3 is 2.54 bits per heavy atom. The Morgan fingerprint density at radius 2 is 1.89 bits per heavy atom. The Labute approximate surface area is 161 Å². The molecular weight excluding hydrogens is 375 g/mol. The van der Waals surface area contributed by atoms with Crippen LogP contribution in [-0.2, 0) is 15.7 Å². The first-order chi connectivity index (χ1) is 13.3. The van der Waals surface area contributed by atoms with Gasteiger partial charge in [-0.15, -0.1) is 0 Å². The highest BCUT2D eigenvalue weighted by atomic mass is 19.4. The van der Waals surface area contributed by atoms with Crippen LogP contribution in [0.25, 0.3) is 0 Å². The van der Waals surface area contributed by atoms with E-state index in [1.807, 2.05) is 0 Å². The van der Waals surface area contributed by atoms with Crippen LogP contribution in [0, 0.1) is 0 Å². The smallest absolute Gasteiger partial charge is 0.383 e. The number of hydrogen-bond acceptors (Lipinski definition) is 4. The molecule has 28 heavy (non-hydrogen) atoms. The summed E-state index contributed by atoms with van der Waals surface area (Å²) in [4.78, 5) is 30.5. The second-order valence-corrected chi connectivity index (χ2v) is 7.03. The molecule has 2 fully saturated rings. The van der Waals surface area contributed by atoms with E-state index in [0.29, 0.717) is 45.9 Å². The summed E-state index contributed by atoms with van der Waals surface area (Å²) in [6.45, 7) is 3.58. The van der Waals surface area contributed by atoms with E-state index in [2.05, 4.69) is 4.90 Å². The van der Waals surface area contributed by atoms with Gasteiger partial charge in [-0.3, -0.25) is 14.5 Å². The van der Waals surface area contributed by atoms with Crippen molar-refractivity contribution in [2.75, 3.05) is 53.0 Å². The Balaban J connectivity index is 1.57. The summed E-state index contributed by atoms with van der Waals surface area (Å²) in [5, 5.41) is 0. The number of methoxy groups -OCH3 is 1. The summed E-state index contributed by atoms with van der Waals surface area (Å²) >= 11 is 0. The number of likely N-dealkylation sites (tertiary alicyclic amines) is 1. The van der Waals surface area contributed by atoms with E-state index >= 15 is 0 Å². The van der Waals surface area contributed by atoms with E-state index in [4.69, 9.17) is 4.74 Å². The molecule has 9 heteroatoms. The topological polar surface area (TPSA) is 53.1 Å². The van der Waals surface area contributed by atoms with Crippen LogP contribution in [0.2, 0.25) is 0 Å². The standard InChI is InChI=1S/C19H24F3N3O3/c1-28-12-11-24-6-5-16(18(24)27)23-7-9-25(10-8-23)17(26)14-3-2-4-15(13-14)19(20,21)22/h2-4,13,16H,5-12H2,1H3. The number of nitrogens with zero attached hydrogens (tertiary/aromatic N) is 3. The third-order valence-electron chi connectivity index (χ3n) is 5.31. The van der Waals surface area contributed by atoms with Gasteiger partial charge in [0.05, 0.1) is 18.2 Å². The molecule has 2 aliphatic rings. The van der Waals surface area contributed by atoms with Crippen molar-refractivity contribution >= 4 is 11.8 Å². The Hall–Kier alpha value is -2.13. The zero-order valence-electron chi connectivity index (χ0n) is 15.7. The average Bonchev–Trinajstić information content (AvgIpc) is 3.06. The van der Waals surface area contributed by atoms with Gasteiger partial charge in [-0.25, -0.2) is 0 Å². The number of amides is 2. The van der Waals surface area contributed by atoms with Crippen LogP contribution in [-0.4, -0.2) is 85.5 Å². The predicted molar refractivity (Wildman–Crippen MR) is 95.8 cm³/mol. The van der Waals surface area contributed by atoms with Crippen molar-refractivity contribution in [3.8, 4) is 0 Å². The molecule has 1 aromatic rings. The number of carbonyl (C=O) groups is 2. The highest BCUT2D eigenvalue weighted by Gasteiger charge is 2.37. The van der Waals surface area contributed by atoms with Crippen LogP contribution < -0.4 is 0 Å². The quantitative estimate of drug-likeness (QED) is 0.757. The molecule has 0 aromatic heterocycles. The van der Waals surface area contributed by atoms with Gasteiger partial charge in [-0.05, 0) is 24.6 Å². The van der Waals surface area contributed by atoms with Crippen molar-refractivity contribution in [2.45, 2.75) is 18.6 Å². The molecule has 2 heterocycles. The zero-order chi connectivity index (χ0) is 20.3. The third-order valence-corrected chi connectivity index (χ3v) is 5.31. The number of rotatable bonds is 5. The summed E-state index contributed by atoms with van der Waals surface area (Å²) in [5.41, 5.74) is -0.796. The van der Waals surface area contributed by atoms with Gasteiger partial charge in [0, 0.05) is 51.9 Å². The normalized spacial score (nSPS) is 21.4. The number of benzene rings is 1. The molecular formula is C19H24F3N3O3. The molecule has 1 unspecified atom stereocenters. The maximum atomic E-state index is 12.9. The van der Waals surface area contributed by atoms with Gasteiger partial charge in [0.25, 0.3) is 5.91 Å².